The maximum absolute atomic E-state index is 14.6. The van der Waals surface area contributed by atoms with Crippen LogP contribution in [0.3, 0.4) is 0 Å². The summed E-state index contributed by atoms with van der Waals surface area (Å²) in [6, 6.07) is 7.10. The Morgan fingerprint density at radius 1 is 1.25 bits per heavy atom. The first kappa shape index (κ1) is 26.2. The van der Waals surface area contributed by atoms with E-state index in [4.69, 9.17) is 4.74 Å². The first-order valence-corrected chi connectivity index (χ1v) is 12.7. The fourth-order valence-corrected chi connectivity index (χ4v) is 4.82. The van der Waals surface area contributed by atoms with Gasteiger partial charge in [0.1, 0.15) is 22.9 Å². The van der Waals surface area contributed by atoms with Gasteiger partial charge in [0.25, 0.3) is 0 Å². The summed E-state index contributed by atoms with van der Waals surface area (Å²) >= 11 is 1.98. The van der Waals surface area contributed by atoms with Crippen LogP contribution in [0.4, 0.5) is 4.39 Å². The Balaban J connectivity index is 1.63. The normalized spacial score (nSPS) is 11.6. The van der Waals surface area contributed by atoms with Crippen LogP contribution in [0.5, 0.6) is 5.75 Å². The van der Waals surface area contributed by atoms with Crippen molar-refractivity contribution in [3.63, 3.8) is 0 Å². The Kier molecular flexibility index (Phi) is 8.06. The number of hydrogen-bond acceptors (Lipinski definition) is 6. The molecular formula is C26H30FIN6O2. The third kappa shape index (κ3) is 5.30. The van der Waals surface area contributed by atoms with Gasteiger partial charge in [0.05, 0.1) is 28.6 Å². The minimum Gasteiger partial charge on any atom is -0.491 e. The Bertz CT molecular complexity index is 1410. The molecule has 0 amide bonds. The van der Waals surface area contributed by atoms with Gasteiger partial charge in [0.15, 0.2) is 5.78 Å². The lowest BCUT2D eigenvalue weighted by atomic mass is 10.1. The molecule has 0 aliphatic heterocycles. The summed E-state index contributed by atoms with van der Waals surface area (Å²) in [4.78, 5) is 19.0. The van der Waals surface area contributed by atoms with Crippen molar-refractivity contribution in [1.29, 1.82) is 0 Å². The summed E-state index contributed by atoms with van der Waals surface area (Å²) in [5, 5.41) is 7.59. The molecule has 1 aromatic carbocycles. The van der Waals surface area contributed by atoms with E-state index in [-0.39, 0.29) is 24.8 Å². The maximum Gasteiger partial charge on any atom is 0.197 e. The quantitative estimate of drug-likeness (QED) is 0.219. The lowest BCUT2D eigenvalue weighted by molar-refractivity contribution is 0.0951. The molecule has 0 saturated carbocycles. The topological polar surface area (TPSA) is 76.7 Å². The first-order chi connectivity index (χ1) is 17.2. The largest absolute Gasteiger partial charge is 0.491 e. The molecular weight excluding hydrogens is 574 g/mol. The number of hydrogen-bond donors (Lipinski definition) is 1. The average Bonchev–Trinajstić information content (AvgIpc) is 3.37. The number of aromatic nitrogens is 4. The second-order valence-electron chi connectivity index (χ2n) is 8.96. The van der Waals surface area contributed by atoms with E-state index >= 15 is 0 Å². The number of Topliss-reactive ketones (excluding diaryl/α,β-unsaturated/α-hetero) is 1. The predicted molar refractivity (Wildman–Crippen MR) is 146 cm³/mol. The van der Waals surface area contributed by atoms with E-state index in [0.29, 0.717) is 28.0 Å². The minimum absolute atomic E-state index is 0.0364. The number of rotatable bonds is 10. The molecule has 190 valence electrons. The van der Waals surface area contributed by atoms with Crippen LogP contribution in [0.25, 0.3) is 16.8 Å². The van der Waals surface area contributed by atoms with Crippen molar-refractivity contribution in [1.82, 2.24) is 29.4 Å². The van der Waals surface area contributed by atoms with Crippen LogP contribution in [-0.2, 0) is 20.0 Å². The fourth-order valence-electron chi connectivity index (χ4n) is 4.20. The molecule has 0 saturated heterocycles. The van der Waals surface area contributed by atoms with E-state index in [9.17, 15) is 9.18 Å². The third-order valence-corrected chi connectivity index (χ3v) is 7.09. The number of carbonyl (C=O) groups is 1. The van der Waals surface area contributed by atoms with Crippen LogP contribution in [0.1, 0.15) is 27.4 Å². The molecule has 3 aromatic heterocycles. The molecule has 1 N–H and O–H groups in total. The molecule has 0 atom stereocenters. The standard InChI is InChI=1S/C26H30FIN6O2/c1-16-19(25(31-33(16)5)22(35)15-32(3)4)10-11-36-26-20(7-8-21(27)24(26)28)17-6-9-23-30-13-18(12-29-2)34(23)14-17/h6-9,13-14,29H,10-12,15H2,1-5H3. The van der Waals surface area contributed by atoms with Crippen LogP contribution in [0, 0.1) is 16.3 Å². The zero-order chi connectivity index (χ0) is 26.0. The Labute approximate surface area is 223 Å². The highest BCUT2D eigenvalue weighted by Gasteiger charge is 2.21. The SMILES string of the molecule is CNCc1cnc2ccc(-c3ccc(F)c(I)c3OCCc3c(C(=O)CN(C)C)nn(C)c3C)cn12. The van der Waals surface area contributed by atoms with Gasteiger partial charge in [-0.2, -0.15) is 5.10 Å². The molecule has 3 heterocycles. The molecule has 0 spiro atoms. The van der Waals surface area contributed by atoms with Crippen LogP contribution in [0.2, 0.25) is 0 Å². The van der Waals surface area contributed by atoms with Crippen molar-refractivity contribution in [2.24, 2.45) is 7.05 Å². The highest BCUT2D eigenvalue weighted by molar-refractivity contribution is 14.1. The monoisotopic (exact) mass is 604 g/mol. The Hall–Kier alpha value is -2.83. The number of fused-ring (bicyclic) bond motifs is 1. The molecule has 0 radical (unpaired) electrons. The average molecular weight is 604 g/mol. The molecule has 0 aliphatic rings. The number of pyridine rings is 1. The number of benzene rings is 1. The van der Waals surface area contributed by atoms with Gasteiger partial charge < -0.3 is 19.4 Å². The Morgan fingerprint density at radius 2 is 2.03 bits per heavy atom. The van der Waals surface area contributed by atoms with Gasteiger partial charge in [0, 0.05) is 48.6 Å². The summed E-state index contributed by atoms with van der Waals surface area (Å²) in [5.41, 5.74) is 5.78. The fraction of sp³-hybridized carbons (Fsp3) is 0.346. The smallest absolute Gasteiger partial charge is 0.197 e. The highest BCUT2D eigenvalue weighted by Crippen LogP contribution is 2.36. The molecule has 4 aromatic rings. The van der Waals surface area contributed by atoms with E-state index in [0.717, 1.165) is 33.7 Å². The predicted octanol–water partition coefficient (Wildman–Crippen LogP) is 3.87. The van der Waals surface area contributed by atoms with Crippen LogP contribution in [-0.4, -0.2) is 64.1 Å². The number of aryl methyl sites for hydroxylation is 1. The van der Waals surface area contributed by atoms with Crippen LogP contribution in [0.15, 0.2) is 36.7 Å². The number of nitrogens with one attached hydrogen (secondary N) is 1. The molecule has 0 bridgehead atoms. The second-order valence-corrected chi connectivity index (χ2v) is 10.0. The number of ether oxygens (including phenoxy) is 1. The number of nitrogens with zero attached hydrogens (tertiary/aromatic N) is 5. The van der Waals surface area contributed by atoms with Crippen molar-refractivity contribution in [3.8, 4) is 16.9 Å². The molecule has 0 aliphatic carbocycles. The molecule has 0 unspecified atom stereocenters. The van der Waals surface area contributed by atoms with Crippen molar-refractivity contribution >= 4 is 34.0 Å². The van der Waals surface area contributed by atoms with Gasteiger partial charge in [-0.05, 0) is 74.9 Å². The number of imidazole rings is 1. The first-order valence-electron chi connectivity index (χ1n) is 11.6. The van der Waals surface area contributed by atoms with Crippen molar-refractivity contribution in [2.45, 2.75) is 19.9 Å². The maximum atomic E-state index is 14.6. The van der Waals surface area contributed by atoms with Gasteiger partial charge >= 0.3 is 0 Å². The lowest BCUT2D eigenvalue weighted by Crippen LogP contribution is -2.23. The minimum atomic E-state index is -0.340. The van der Waals surface area contributed by atoms with E-state index in [1.807, 2.05) is 91.5 Å². The van der Waals surface area contributed by atoms with Gasteiger partial charge in [-0.3, -0.25) is 9.48 Å². The van der Waals surface area contributed by atoms with Gasteiger partial charge in [-0.25, -0.2) is 9.37 Å². The number of carbonyl (C=O) groups excluding carboxylic acids is 1. The summed E-state index contributed by atoms with van der Waals surface area (Å²) in [7, 11) is 7.43. The summed E-state index contributed by atoms with van der Waals surface area (Å²) in [5.74, 6) is 0.104. The van der Waals surface area contributed by atoms with Gasteiger partial charge in [-0.1, -0.05) is 0 Å². The third-order valence-electron chi connectivity index (χ3n) is 6.08. The summed E-state index contributed by atoms with van der Waals surface area (Å²) in [6.07, 6.45) is 4.31. The number of halogens is 2. The molecule has 10 heteroatoms. The van der Waals surface area contributed by atoms with Gasteiger partial charge in [-0.15, -0.1) is 0 Å². The van der Waals surface area contributed by atoms with Crippen LogP contribution < -0.4 is 10.1 Å². The summed E-state index contributed by atoms with van der Waals surface area (Å²) < 4.78 is 25.0. The number of likely N-dealkylation sites (N-methyl/N-ethyl adjacent to an activating group) is 1. The van der Waals surface area contributed by atoms with Crippen LogP contribution >= 0.6 is 22.6 Å². The van der Waals surface area contributed by atoms with Crippen molar-refractivity contribution in [2.75, 3.05) is 34.3 Å². The zero-order valence-electron chi connectivity index (χ0n) is 21.1. The zero-order valence-corrected chi connectivity index (χ0v) is 23.3. The van der Waals surface area contributed by atoms with Crippen molar-refractivity contribution in [3.05, 3.63) is 68.7 Å². The molecule has 0 fully saturated rings. The lowest BCUT2D eigenvalue weighted by Gasteiger charge is -2.15. The summed E-state index contributed by atoms with van der Waals surface area (Å²) in [6.45, 7) is 3.17. The highest BCUT2D eigenvalue weighted by atomic mass is 127. The number of ketones is 1. The van der Waals surface area contributed by atoms with Gasteiger partial charge in [0.2, 0.25) is 0 Å². The van der Waals surface area contributed by atoms with Crippen molar-refractivity contribution < 1.29 is 13.9 Å². The van der Waals surface area contributed by atoms with E-state index in [1.54, 1.807) is 10.7 Å². The second kappa shape index (κ2) is 11.1. The Morgan fingerprint density at radius 3 is 2.75 bits per heavy atom. The molecule has 8 nitrogen and oxygen atoms in total. The molecule has 36 heavy (non-hydrogen) atoms. The van der Waals surface area contributed by atoms with E-state index in [1.165, 1.54) is 6.07 Å². The molecule has 4 rings (SSSR count). The van der Waals surface area contributed by atoms with E-state index in [2.05, 4.69) is 15.4 Å². The van der Waals surface area contributed by atoms with E-state index < -0.39 is 0 Å².